The number of nitrogens with zero attached hydrogens (tertiary/aromatic N) is 1. The molecule has 0 unspecified atom stereocenters. The highest BCUT2D eigenvalue weighted by molar-refractivity contribution is 5.81. The van der Waals surface area contributed by atoms with E-state index in [9.17, 15) is 14.7 Å². The second kappa shape index (κ2) is 9.82. The lowest BCUT2D eigenvalue weighted by molar-refractivity contribution is -0.142. The molecule has 35 heavy (non-hydrogen) atoms. The number of hydrogen-bond acceptors (Lipinski definition) is 4. The second-order valence-corrected chi connectivity index (χ2v) is 9.83. The molecule has 0 heterocycles. The van der Waals surface area contributed by atoms with E-state index in [0.29, 0.717) is 5.75 Å². The molecule has 0 saturated heterocycles. The Morgan fingerprint density at radius 3 is 1.97 bits per heavy atom. The van der Waals surface area contributed by atoms with Crippen molar-refractivity contribution in [3.8, 4) is 16.9 Å². The average molecular weight is 474 g/mol. The van der Waals surface area contributed by atoms with E-state index >= 15 is 0 Å². The number of aliphatic carboxylic acids is 1. The van der Waals surface area contributed by atoms with Crippen molar-refractivity contribution in [2.75, 3.05) is 13.7 Å². The van der Waals surface area contributed by atoms with Crippen LogP contribution in [0.15, 0.2) is 72.8 Å². The highest BCUT2D eigenvalue weighted by atomic mass is 16.6. The van der Waals surface area contributed by atoms with Gasteiger partial charge in [0.1, 0.15) is 24.0 Å². The summed E-state index contributed by atoms with van der Waals surface area (Å²) in [4.78, 5) is 26.1. The predicted octanol–water partition coefficient (Wildman–Crippen LogP) is 5.74. The first-order valence-corrected chi connectivity index (χ1v) is 11.7. The van der Waals surface area contributed by atoms with Gasteiger partial charge in [-0.15, -0.1) is 0 Å². The van der Waals surface area contributed by atoms with E-state index in [0.717, 1.165) is 32.7 Å². The van der Waals surface area contributed by atoms with Crippen LogP contribution in [-0.2, 0) is 16.0 Å². The monoisotopic (exact) mass is 473 g/mol. The first kappa shape index (κ1) is 24.3. The molecule has 0 aromatic heterocycles. The number of hydrogen-bond donors (Lipinski definition) is 1. The zero-order chi connectivity index (χ0) is 25.2. The van der Waals surface area contributed by atoms with Gasteiger partial charge in [-0.05, 0) is 60.7 Å². The van der Waals surface area contributed by atoms with Gasteiger partial charge in [0.2, 0.25) is 0 Å². The lowest BCUT2D eigenvalue weighted by Gasteiger charge is -2.25. The fraction of sp³-hybridized carbons (Fsp3) is 0.310. The molecule has 3 aromatic rings. The highest BCUT2D eigenvalue weighted by Gasteiger charge is 2.32. The van der Waals surface area contributed by atoms with Crippen molar-refractivity contribution in [3.63, 3.8) is 0 Å². The molecule has 0 spiro atoms. The third-order valence-corrected chi connectivity index (χ3v) is 6.15. The maximum absolute atomic E-state index is 12.9. The van der Waals surface area contributed by atoms with E-state index < -0.39 is 18.1 Å². The maximum atomic E-state index is 12.9. The van der Waals surface area contributed by atoms with Gasteiger partial charge in [-0.1, -0.05) is 60.7 Å². The van der Waals surface area contributed by atoms with Gasteiger partial charge >= 0.3 is 12.1 Å². The first-order valence-electron chi connectivity index (χ1n) is 11.7. The van der Waals surface area contributed by atoms with Crippen molar-refractivity contribution >= 4 is 12.1 Å². The number of carboxylic acids is 1. The average Bonchev–Trinajstić information content (AvgIpc) is 3.14. The van der Waals surface area contributed by atoms with Crippen LogP contribution in [0, 0.1) is 0 Å². The third-order valence-electron chi connectivity index (χ3n) is 6.15. The molecule has 0 bridgehead atoms. The molecule has 0 saturated carbocycles. The van der Waals surface area contributed by atoms with Gasteiger partial charge in [0, 0.05) is 19.4 Å². The van der Waals surface area contributed by atoms with Crippen LogP contribution in [0.3, 0.4) is 0 Å². The van der Waals surface area contributed by atoms with Crippen LogP contribution < -0.4 is 4.74 Å². The molecule has 1 aliphatic carbocycles. The molecule has 6 nitrogen and oxygen atoms in total. The van der Waals surface area contributed by atoms with Crippen molar-refractivity contribution in [2.24, 2.45) is 0 Å². The number of amides is 1. The largest absolute Gasteiger partial charge is 0.488 e. The van der Waals surface area contributed by atoms with Crippen LogP contribution in [0.25, 0.3) is 11.1 Å². The van der Waals surface area contributed by atoms with Crippen molar-refractivity contribution in [1.82, 2.24) is 4.90 Å². The molecule has 0 fully saturated rings. The summed E-state index contributed by atoms with van der Waals surface area (Å²) in [7, 11) is 1.47. The van der Waals surface area contributed by atoms with E-state index in [4.69, 9.17) is 9.47 Å². The van der Waals surface area contributed by atoms with Crippen molar-refractivity contribution < 1.29 is 24.2 Å². The molecule has 0 aliphatic heterocycles. The third kappa shape index (κ3) is 5.48. The Balaban J connectivity index is 1.43. The molecule has 1 N–H and O–H groups in total. The summed E-state index contributed by atoms with van der Waals surface area (Å²) in [6, 6.07) is 22.4. The van der Waals surface area contributed by atoms with Gasteiger partial charge in [0.05, 0.1) is 0 Å². The Kier molecular flexibility index (Phi) is 6.83. The van der Waals surface area contributed by atoms with Crippen LogP contribution in [-0.4, -0.2) is 47.4 Å². The zero-order valence-corrected chi connectivity index (χ0v) is 20.5. The van der Waals surface area contributed by atoms with Gasteiger partial charge in [-0.3, -0.25) is 4.90 Å². The number of likely N-dealkylation sites (N-methyl/N-ethyl adjacent to an activating group) is 1. The van der Waals surface area contributed by atoms with Gasteiger partial charge in [0.15, 0.2) is 0 Å². The summed E-state index contributed by atoms with van der Waals surface area (Å²) in [6.45, 7) is 6.03. The summed E-state index contributed by atoms with van der Waals surface area (Å²) in [5.74, 6) is -0.465. The second-order valence-electron chi connectivity index (χ2n) is 9.83. The standard InChI is InChI=1S/C29H31NO5/c1-29(2,3)35-20-15-13-19(14-16-20)17-26(27(31)32)30(4)28(33)34-18-25-23-11-7-5-9-21(23)22-10-6-8-12-24(22)25/h5-16,25-26H,17-18H2,1-4H3,(H,31,32)/t26-/m0/s1. The lowest BCUT2D eigenvalue weighted by atomic mass is 9.98. The Morgan fingerprint density at radius 2 is 1.46 bits per heavy atom. The molecule has 1 aliphatic rings. The highest BCUT2D eigenvalue weighted by Crippen LogP contribution is 2.44. The Morgan fingerprint density at radius 1 is 0.914 bits per heavy atom. The van der Waals surface area contributed by atoms with Crippen LogP contribution in [0.4, 0.5) is 4.79 Å². The number of rotatable bonds is 7. The number of fused-ring (bicyclic) bond motifs is 3. The smallest absolute Gasteiger partial charge is 0.410 e. The molecular weight excluding hydrogens is 442 g/mol. The molecule has 6 heteroatoms. The molecule has 182 valence electrons. The van der Waals surface area contributed by atoms with E-state index in [1.54, 1.807) is 0 Å². The van der Waals surface area contributed by atoms with Gasteiger partial charge in [-0.2, -0.15) is 0 Å². The fourth-order valence-corrected chi connectivity index (χ4v) is 4.48. The Bertz CT molecular complexity index is 1170. The number of ether oxygens (including phenoxy) is 2. The van der Waals surface area contributed by atoms with Crippen LogP contribution in [0.5, 0.6) is 5.75 Å². The van der Waals surface area contributed by atoms with E-state index in [1.807, 2.05) is 81.4 Å². The van der Waals surface area contributed by atoms with Crippen molar-refractivity contribution in [2.45, 2.75) is 44.8 Å². The van der Waals surface area contributed by atoms with Crippen LogP contribution in [0.2, 0.25) is 0 Å². The lowest BCUT2D eigenvalue weighted by Crippen LogP contribution is -2.44. The van der Waals surface area contributed by atoms with E-state index in [1.165, 1.54) is 7.05 Å². The normalized spacial score (nSPS) is 13.5. The molecule has 1 atom stereocenters. The van der Waals surface area contributed by atoms with E-state index in [-0.39, 0.29) is 24.5 Å². The molecular formula is C29H31NO5. The summed E-state index contributed by atoms with van der Waals surface area (Å²) in [5, 5.41) is 9.83. The SMILES string of the molecule is CN(C(=O)OCC1c2ccccc2-c2ccccc21)[C@@H](Cc1ccc(OC(C)(C)C)cc1)C(=O)O. The maximum Gasteiger partial charge on any atom is 0.410 e. The fourth-order valence-electron chi connectivity index (χ4n) is 4.48. The van der Waals surface area contributed by atoms with Gasteiger partial charge in [0.25, 0.3) is 0 Å². The minimum absolute atomic E-state index is 0.0848. The number of benzene rings is 3. The Hall–Kier alpha value is -3.80. The minimum atomic E-state index is -1.09. The summed E-state index contributed by atoms with van der Waals surface area (Å²) in [5.41, 5.74) is 4.96. The summed E-state index contributed by atoms with van der Waals surface area (Å²) in [6.07, 6.45) is -0.502. The number of carbonyl (C=O) groups is 2. The summed E-state index contributed by atoms with van der Waals surface area (Å²) < 4.78 is 11.5. The molecule has 0 radical (unpaired) electrons. The zero-order valence-electron chi connectivity index (χ0n) is 20.5. The number of carbonyl (C=O) groups excluding carboxylic acids is 1. The number of carboxylic acid groups (broad SMARTS) is 1. The quantitative estimate of drug-likeness (QED) is 0.474. The topological polar surface area (TPSA) is 76.1 Å². The van der Waals surface area contributed by atoms with Crippen molar-refractivity contribution in [1.29, 1.82) is 0 Å². The Labute approximate surface area is 206 Å². The first-order chi connectivity index (χ1) is 16.6. The van der Waals surface area contributed by atoms with Crippen LogP contribution in [0.1, 0.15) is 43.4 Å². The minimum Gasteiger partial charge on any atom is -0.488 e. The predicted molar refractivity (Wildman–Crippen MR) is 135 cm³/mol. The van der Waals surface area contributed by atoms with Gasteiger partial charge < -0.3 is 14.6 Å². The summed E-state index contributed by atoms with van der Waals surface area (Å²) >= 11 is 0. The van der Waals surface area contributed by atoms with E-state index in [2.05, 4.69) is 12.1 Å². The van der Waals surface area contributed by atoms with Gasteiger partial charge in [-0.25, -0.2) is 9.59 Å². The van der Waals surface area contributed by atoms with Crippen LogP contribution >= 0.6 is 0 Å². The molecule has 4 rings (SSSR count). The molecule has 3 aromatic carbocycles. The molecule has 1 amide bonds. The van der Waals surface area contributed by atoms with Crippen molar-refractivity contribution in [3.05, 3.63) is 89.5 Å².